The molecule has 1 N–H and O–H groups in total. The molecule has 0 bridgehead atoms. The molecule has 4 heteroatoms. The highest BCUT2D eigenvalue weighted by Crippen LogP contribution is 2.15. The number of aliphatic imine (C=N–C) groups is 1. The van der Waals surface area contributed by atoms with Gasteiger partial charge < -0.3 is 5.32 Å². The minimum absolute atomic E-state index is 0.381. The fourth-order valence-corrected chi connectivity index (χ4v) is 1.78. The Bertz CT molecular complexity index is 591. The first-order valence-corrected chi connectivity index (χ1v) is 6.20. The highest BCUT2D eigenvalue weighted by atomic mass is 35.5. The van der Waals surface area contributed by atoms with Gasteiger partial charge in [0.05, 0.1) is 5.71 Å². The molecular formula is C15H13ClN2O. The number of amides is 2. The average Bonchev–Trinajstić information content (AvgIpc) is 2.46. The molecule has 0 fully saturated rings. The topological polar surface area (TPSA) is 41.5 Å². The van der Waals surface area contributed by atoms with Crippen molar-refractivity contribution in [2.75, 3.05) is 7.05 Å². The van der Waals surface area contributed by atoms with E-state index in [-0.39, 0.29) is 6.03 Å². The number of urea groups is 1. The molecule has 0 heterocycles. The van der Waals surface area contributed by atoms with Crippen molar-refractivity contribution in [1.29, 1.82) is 0 Å². The number of carbonyl (C=O) groups is 1. The Morgan fingerprint density at radius 1 is 1.00 bits per heavy atom. The third kappa shape index (κ3) is 3.42. The lowest BCUT2D eigenvalue weighted by atomic mass is 10.0. The maximum absolute atomic E-state index is 11.5. The molecule has 0 aromatic heterocycles. The van der Waals surface area contributed by atoms with Crippen LogP contribution < -0.4 is 5.32 Å². The predicted molar refractivity (Wildman–Crippen MR) is 78.0 cm³/mol. The standard InChI is InChI=1S/C15H13ClN2O/c1-17-15(19)18-14(11-5-3-2-4-6-11)12-7-9-13(16)10-8-12/h2-10H,1H3,(H,17,19)/b18-14-. The van der Waals surface area contributed by atoms with Gasteiger partial charge in [-0.25, -0.2) is 4.79 Å². The van der Waals surface area contributed by atoms with Gasteiger partial charge in [0.25, 0.3) is 0 Å². The van der Waals surface area contributed by atoms with E-state index >= 15 is 0 Å². The van der Waals surface area contributed by atoms with Gasteiger partial charge in [-0.1, -0.05) is 54.1 Å². The summed E-state index contributed by atoms with van der Waals surface area (Å²) in [6.45, 7) is 0. The second-order valence-corrected chi connectivity index (χ2v) is 4.32. The van der Waals surface area contributed by atoms with Crippen LogP contribution in [-0.2, 0) is 0 Å². The number of halogens is 1. The van der Waals surface area contributed by atoms with Crippen LogP contribution in [0.4, 0.5) is 4.79 Å². The van der Waals surface area contributed by atoms with Gasteiger partial charge in [0.15, 0.2) is 0 Å². The van der Waals surface area contributed by atoms with Crippen molar-refractivity contribution in [3.05, 3.63) is 70.7 Å². The Morgan fingerprint density at radius 3 is 2.16 bits per heavy atom. The van der Waals surface area contributed by atoms with Crippen LogP contribution in [0, 0.1) is 0 Å². The summed E-state index contributed by atoms with van der Waals surface area (Å²) in [4.78, 5) is 15.6. The summed E-state index contributed by atoms with van der Waals surface area (Å²) in [5, 5.41) is 3.14. The molecule has 0 unspecified atom stereocenters. The summed E-state index contributed by atoms with van der Waals surface area (Å²) in [6.07, 6.45) is 0. The molecule has 2 aromatic rings. The molecule has 2 amide bonds. The van der Waals surface area contributed by atoms with Crippen LogP contribution in [-0.4, -0.2) is 18.8 Å². The van der Waals surface area contributed by atoms with Crippen molar-refractivity contribution in [2.45, 2.75) is 0 Å². The number of carbonyl (C=O) groups excluding carboxylic acids is 1. The van der Waals surface area contributed by atoms with E-state index in [4.69, 9.17) is 11.6 Å². The lowest BCUT2D eigenvalue weighted by Gasteiger charge is -2.07. The highest BCUT2D eigenvalue weighted by molar-refractivity contribution is 6.30. The Labute approximate surface area is 116 Å². The van der Waals surface area contributed by atoms with E-state index in [1.807, 2.05) is 42.5 Å². The zero-order valence-corrected chi connectivity index (χ0v) is 11.2. The fourth-order valence-electron chi connectivity index (χ4n) is 1.66. The largest absolute Gasteiger partial charge is 0.341 e. The first-order chi connectivity index (χ1) is 9.20. The summed E-state index contributed by atoms with van der Waals surface area (Å²) >= 11 is 5.88. The van der Waals surface area contributed by atoms with Crippen molar-refractivity contribution in [1.82, 2.24) is 5.32 Å². The van der Waals surface area contributed by atoms with Crippen LogP contribution in [0.2, 0.25) is 5.02 Å². The van der Waals surface area contributed by atoms with E-state index in [0.717, 1.165) is 11.1 Å². The molecule has 0 spiro atoms. The monoisotopic (exact) mass is 272 g/mol. The normalized spacial score (nSPS) is 11.2. The SMILES string of the molecule is CNC(=O)/N=C(/c1ccccc1)c1ccc(Cl)cc1. The number of benzene rings is 2. The summed E-state index contributed by atoms with van der Waals surface area (Å²) < 4.78 is 0. The molecular weight excluding hydrogens is 260 g/mol. The van der Waals surface area contributed by atoms with E-state index in [9.17, 15) is 4.79 Å². The summed E-state index contributed by atoms with van der Waals surface area (Å²) in [5.41, 5.74) is 2.35. The van der Waals surface area contributed by atoms with Crippen LogP contribution in [0.5, 0.6) is 0 Å². The van der Waals surface area contributed by atoms with E-state index in [2.05, 4.69) is 10.3 Å². The molecule has 0 aliphatic carbocycles. The molecule has 96 valence electrons. The third-order valence-corrected chi connectivity index (χ3v) is 2.84. The highest BCUT2D eigenvalue weighted by Gasteiger charge is 2.08. The molecule has 3 nitrogen and oxygen atoms in total. The van der Waals surface area contributed by atoms with E-state index in [1.165, 1.54) is 0 Å². The first-order valence-electron chi connectivity index (χ1n) is 5.82. The summed E-state index contributed by atoms with van der Waals surface area (Å²) in [5.74, 6) is 0. The molecule has 19 heavy (non-hydrogen) atoms. The molecule has 0 radical (unpaired) electrons. The molecule has 0 saturated heterocycles. The summed E-state index contributed by atoms with van der Waals surface area (Å²) in [7, 11) is 1.55. The second-order valence-electron chi connectivity index (χ2n) is 3.89. The zero-order valence-electron chi connectivity index (χ0n) is 10.4. The molecule has 2 aromatic carbocycles. The fraction of sp³-hybridized carbons (Fsp3) is 0.0667. The van der Waals surface area contributed by atoms with Gasteiger partial charge in [-0.15, -0.1) is 0 Å². The van der Waals surface area contributed by atoms with Crippen molar-refractivity contribution in [2.24, 2.45) is 4.99 Å². The van der Waals surface area contributed by atoms with Crippen molar-refractivity contribution < 1.29 is 4.79 Å². The second kappa shape index (κ2) is 6.16. The Balaban J connectivity index is 2.49. The van der Waals surface area contributed by atoms with Crippen LogP contribution >= 0.6 is 11.6 Å². The Kier molecular flexibility index (Phi) is 4.31. The molecule has 0 aliphatic rings. The molecule has 0 aliphatic heterocycles. The Hall–Kier alpha value is -2.13. The van der Waals surface area contributed by atoms with E-state index in [1.54, 1.807) is 19.2 Å². The quantitative estimate of drug-likeness (QED) is 0.835. The maximum Gasteiger partial charge on any atom is 0.341 e. The van der Waals surface area contributed by atoms with Crippen LogP contribution in [0.3, 0.4) is 0 Å². The number of nitrogens with zero attached hydrogens (tertiary/aromatic N) is 1. The van der Waals surface area contributed by atoms with Crippen LogP contribution in [0.15, 0.2) is 59.6 Å². The van der Waals surface area contributed by atoms with Gasteiger partial charge >= 0.3 is 6.03 Å². The van der Waals surface area contributed by atoms with Crippen molar-refractivity contribution in [3.63, 3.8) is 0 Å². The number of nitrogens with one attached hydrogen (secondary N) is 1. The van der Waals surface area contributed by atoms with E-state index in [0.29, 0.717) is 10.7 Å². The lowest BCUT2D eigenvalue weighted by Crippen LogP contribution is -2.16. The van der Waals surface area contributed by atoms with Gasteiger partial charge in [-0.05, 0) is 12.1 Å². The number of hydrogen-bond acceptors (Lipinski definition) is 1. The van der Waals surface area contributed by atoms with Crippen molar-refractivity contribution in [3.8, 4) is 0 Å². The van der Waals surface area contributed by atoms with Gasteiger partial charge in [-0.2, -0.15) is 4.99 Å². The predicted octanol–water partition coefficient (Wildman–Crippen LogP) is 3.52. The summed E-state index contributed by atoms with van der Waals surface area (Å²) in [6, 6.07) is 16.4. The molecule has 0 saturated carbocycles. The number of hydrogen-bond donors (Lipinski definition) is 1. The van der Waals surface area contributed by atoms with Crippen molar-refractivity contribution >= 4 is 23.3 Å². The van der Waals surface area contributed by atoms with Gasteiger partial charge in [0.1, 0.15) is 0 Å². The average molecular weight is 273 g/mol. The number of rotatable bonds is 2. The van der Waals surface area contributed by atoms with Gasteiger partial charge in [-0.3, -0.25) is 0 Å². The third-order valence-electron chi connectivity index (χ3n) is 2.59. The van der Waals surface area contributed by atoms with Gasteiger partial charge in [0.2, 0.25) is 0 Å². The van der Waals surface area contributed by atoms with Crippen LogP contribution in [0.25, 0.3) is 0 Å². The lowest BCUT2D eigenvalue weighted by molar-refractivity contribution is 0.251. The smallest absolute Gasteiger partial charge is 0.339 e. The minimum Gasteiger partial charge on any atom is -0.339 e. The van der Waals surface area contributed by atoms with Crippen LogP contribution in [0.1, 0.15) is 11.1 Å². The molecule has 0 atom stereocenters. The zero-order chi connectivity index (χ0) is 13.7. The first kappa shape index (κ1) is 13.3. The van der Waals surface area contributed by atoms with E-state index < -0.39 is 0 Å². The Morgan fingerprint density at radius 2 is 1.58 bits per heavy atom. The molecule has 2 rings (SSSR count). The minimum atomic E-state index is -0.381. The van der Waals surface area contributed by atoms with Gasteiger partial charge in [0, 0.05) is 23.2 Å². The maximum atomic E-state index is 11.5.